The monoisotopic (exact) mass is 324 g/mol. The van der Waals surface area contributed by atoms with Gasteiger partial charge in [0.2, 0.25) is 5.91 Å². The topological polar surface area (TPSA) is 64.4 Å². The molecule has 1 aromatic carbocycles. The van der Waals surface area contributed by atoms with Crippen molar-refractivity contribution in [2.24, 2.45) is 11.1 Å². The molecule has 120 valence electrons. The van der Waals surface area contributed by atoms with E-state index in [1.165, 1.54) is 12.1 Å². The molecule has 3 N–H and O–H groups in total. The maximum absolute atomic E-state index is 13.5. The predicted molar refractivity (Wildman–Crippen MR) is 84.2 cm³/mol. The summed E-state index contributed by atoms with van der Waals surface area (Å²) in [6, 6.07) is 4.66. The lowest BCUT2D eigenvalue weighted by Crippen LogP contribution is -2.50. The molecule has 1 fully saturated rings. The van der Waals surface area contributed by atoms with E-state index in [2.05, 4.69) is 5.32 Å². The summed E-state index contributed by atoms with van der Waals surface area (Å²) >= 11 is 1.71. The molecule has 0 saturated carbocycles. The molecular formula is C16H21FN2O2S. The molecule has 1 atom stereocenters. The molecule has 4 nitrogen and oxygen atoms in total. The molecule has 1 amide bonds. The first kappa shape index (κ1) is 15.8. The van der Waals surface area contributed by atoms with Gasteiger partial charge in [-0.15, -0.1) is 11.8 Å². The van der Waals surface area contributed by atoms with Crippen LogP contribution in [-0.4, -0.2) is 31.4 Å². The van der Waals surface area contributed by atoms with E-state index < -0.39 is 5.41 Å². The minimum Gasteiger partial charge on any atom is -0.381 e. The smallest absolute Gasteiger partial charge is 0.228 e. The molecule has 3 rings (SSSR count). The summed E-state index contributed by atoms with van der Waals surface area (Å²) in [7, 11) is 0. The van der Waals surface area contributed by atoms with Crippen molar-refractivity contribution in [3.63, 3.8) is 0 Å². The van der Waals surface area contributed by atoms with Crippen molar-refractivity contribution >= 4 is 17.7 Å². The molecule has 1 saturated heterocycles. The highest BCUT2D eigenvalue weighted by atomic mass is 32.2. The molecule has 1 aromatic rings. The van der Waals surface area contributed by atoms with Gasteiger partial charge in [-0.2, -0.15) is 0 Å². The number of halogens is 1. The van der Waals surface area contributed by atoms with Gasteiger partial charge in [-0.25, -0.2) is 4.39 Å². The molecule has 2 heterocycles. The number of nitrogens with two attached hydrogens (primary N) is 1. The van der Waals surface area contributed by atoms with E-state index in [1.807, 2.05) is 0 Å². The first-order valence-electron chi connectivity index (χ1n) is 7.66. The van der Waals surface area contributed by atoms with Crippen molar-refractivity contribution in [3.05, 3.63) is 29.6 Å². The standard InChI is InChI=1S/C16H21FN2O2S/c17-11-1-2-14-12(9-11)13(3-8-22-14)19-15(20)16(10-18)4-6-21-7-5-16/h1-2,9,13H,3-8,10,18H2,(H,19,20). The van der Waals surface area contributed by atoms with Gasteiger partial charge < -0.3 is 15.8 Å². The predicted octanol–water partition coefficient (Wildman–Crippen LogP) is 2.23. The van der Waals surface area contributed by atoms with Crippen molar-refractivity contribution in [1.29, 1.82) is 0 Å². The summed E-state index contributed by atoms with van der Waals surface area (Å²) in [5.74, 6) is 0.632. The zero-order valence-corrected chi connectivity index (χ0v) is 13.3. The number of nitrogens with one attached hydrogen (secondary N) is 1. The summed E-state index contributed by atoms with van der Waals surface area (Å²) in [4.78, 5) is 13.8. The second kappa shape index (κ2) is 6.56. The number of thioether (sulfide) groups is 1. The molecule has 1 unspecified atom stereocenters. The normalized spacial score (nSPS) is 23.6. The van der Waals surface area contributed by atoms with Crippen LogP contribution in [0.1, 0.15) is 30.9 Å². The van der Waals surface area contributed by atoms with Crippen LogP contribution in [0.4, 0.5) is 4.39 Å². The fourth-order valence-electron chi connectivity index (χ4n) is 3.11. The number of amides is 1. The van der Waals surface area contributed by atoms with Gasteiger partial charge in [-0.05, 0) is 43.0 Å². The van der Waals surface area contributed by atoms with Crippen molar-refractivity contribution < 1.29 is 13.9 Å². The highest BCUT2D eigenvalue weighted by Crippen LogP contribution is 2.38. The third-order valence-corrected chi connectivity index (χ3v) is 5.76. The second-order valence-corrected chi connectivity index (χ2v) is 7.08. The first-order valence-corrected chi connectivity index (χ1v) is 8.64. The van der Waals surface area contributed by atoms with E-state index in [0.717, 1.165) is 22.6 Å². The Morgan fingerprint density at radius 3 is 2.95 bits per heavy atom. The van der Waals surface area contributed by atoms with Crippen LogP contribution in [0.25, 0.3) is 0 Å². The quantitative estimate of drug-likeness (QED) is 0.895. The number of carbonyl (C=O) groups is 1. The van der Waals surface area contributed by atoms with Crippen LogP contribution in [0.2, 0.25) is 0 Å². The lowest BCUT2D eigenvalue weighted by Gasteiger charge is -2.37. The average Bonchev–Trinajstić information content (AvgIpc) is 2.56. The Balaban J connectivity index is 1.79. The SMILES string of the molecule is NCC1(C(=O)NC2CCSc3ccc(F)cc32)CCOCC1. The zero-order valence-electron chi connectivity index (χ0n) is 12.4. The van der Waals surface area contributed by atoms with Crippen LogP contribution in [-0.2, 0) is 9.53 Å². The second-order valence-electron chi connectivity index (χ2n) is 5.94. The fourth-order valence-corrected chi connectivity index (χ4v) is 4.22. The molecule has 0 aliphatic carbocycles. The van der Waals surface area contributed by atoms with Gasteiger partial charge in [-0.3, -0.25) is 4.79 Å². The van der Waals surface area contributed by atoms with E-state index in [1.54, 1.807) is 17.8 Å². The van der Waals surface area contributed by atoms with Crippen molar-refractivity contribution in [2.45, 2.75) is 30.2 Å². The van der Waals surface area contributed by atoms with Crippen molar-refractivity contribution in [1.82, 2.24) is 5.32 Å². The minimum absolute atomic E-state index is 0.0228. The molecule has 0 aromatic heterocycles. The van der Waals surface area contributed by atoms with E-state index in [-0.39, 0.29) is 17.8 Å². The number of fused-ring (bicyclic) bond motifs is 1. The minimum atomic E-state index is -0.545. The van der Waals surface area contributed by atoms with Crippen LogP contribution in [0.15, 0.2) is 23.1 Å². The molecule has 0 spiro atoms. The third-order valence-electron chi connectivity index (χ3n) is 4.64. The molecule has 2 aliphatic heterocycles. The highest BCUT2D eigenvalue weighted by molar-refractivity contribution is 7.99. The van der Waals surface area contributed by atoms with Gasteiger partial charge in [0.25, 0.3) is 0 Å². The van der Waals surface area contributed by atoms with Crippen molar-refractivity contribution in [3.8, 4) is 0 Å². The largest absolute Gasteiger partial charge is 0.381 e. The van der Waals surface area contributed by atoms with Crippen LogP contribution in [0.5, 0.6) is 0 Å². The Bertz CT molecular complexity index is 561. The first-order chi connectivity index (χ1) is 10.6. The lowest BCUT2D eigenvalue weighted by molar-refractivity contribution is -0.136. The summed E-state index contributed by atoms with van der Waals surface area (Å²) in [6.45, 7) is 1.45. The van der Waals surface area contributed by atoms with Gasteiger partial charge in [0.1, 0.15) is 5.82 Å². The summed E-state index contributed by atoms with van der Waals surface area (Å²) in [5.41, 5.74) is 6.22. The van der Waals surface area contributed by atoms with Gasteiger partial charge in [0.05, 0.1) is 11.5 Å². The maximum Gasteiger partial charge on any atom is 0.228 e. The number of rotatable bonds is 3. The Hall–Kier alpha value is -1.11. The number of ether oxygens (including phenoxy) is 1. The molecular weight excluding hydrogens is 303 g/mol. The van der Waals surface area contributed by atoms with E-state index in [9.17, 15) is 9.18 Å². The molecule has 0 bridgehead atoms. The van der Waals surface area contributed by atoms with E-state index >= 15 is 0 Å². The number of hydrogen-bond acceptors (Lipinski definition) is 4. The Labute approximate surface area is 134 Å². The van der Waals surface area contributed by atoms with Crippen LogP contribution >= 0.6 is 11.8 Å². The van der Waals surface area contributed by atoms with Crippen molar-refractivity contribution in [2.75, 3.05) is 25.5 Å². The maximum atomic E-state index is 13.5. The fraction of sp³-hybridized carbons (Fsp3) is 0.562. The molecule has 6 heteroatoms. The Morgan fingerprint density at radius 2 is 2.23 bits per heavy atom. The van der Waals surface area contributed by atoms with Gasteiger partial charge in [0, 0.05) is 30.4 Å². The zero-order chi connectivity index (χ0) is 15.6. The summed E-state index contributed by atoms with van der Waals surface area (Å²) in [6.07, 6.45) is 2.10. The number of hydrogen-bond donors (Lipinski definition) is 2. The van der Waals surface area contributed by atoms with Crippen LogP contribution in [0.3, 0.4) is 0 Å². The van der Waals surface area contributed by atoms with Gasteiger partial charge in [-0.1, -0.05) is 0 Å². The van der Waals surface area contributed by atoms with E-state index in [0.29, 0.717) is 32.6 Å². The average molecular weight is 324 g/mol. The number of benzene rings is 1. The Kier molecular flexibility index (Phi) is 4.70. The van der Waals surface area contributed by atoms with Gasteiger partial charge >= 0.3 is 0 Å². The molecule has 0 radical (unpaired) electrons. The molecule has 22 heavy (non-hydrogen) atoms. The van der Waals surface area contributed by atoms with E-state index in [4.69, 9.17) is 10.5 Å². The highest BCUT2D eigenvalue weighted by Gasteiger charge is 2.40. The summed E-state index contributed by atoms with van der Waals surface area (Å²) < 4.78 is 18.9. The number of carbonyl (C=O) groups excluding carboxylic acids is 1. The third kappa shape index (κ3) is 3.00. The molecule has 2 aliphatic rings. The van der Waals surface area contributed by atoms with Crippen LogP contribution in [0, 0.1) is 11.2 Å². The van der Waals surface area contributed by atoms with Gasteiger partial charge in [0.15, 0.2) is 0 Å². The Morgan fingerprint density at radius 1 is 1.45 bits per heavy atom. The van der Waals surface area contributed by atoms with Crippen LogP contribution < -0.4 is 11.1 Å². The lowest BCUT2D eigenvalue weighted by atomic mass is 9.79. The summed E-state index contributed by atoms with van der Waals surface area (Å²) in [5, 5.41) is 3.11.